The van der Waals surface area contributed by atoms with Crippen LogP contribution in [0.3, 0.4) is 0 Å². The Morgan fingerprint density at radius 3 is 2.39 bits per heavy atom. The van der Waals surface area contributed by atoms with Crippen molar-refractivity contribution in [2.24, 2.45) is 5.92 Å². The quantitative estimate of drug-likeness (QED) is 0.623. The van der Waals surface area contributed by atoms with Crippen molar-refractivity contribution in [3.05, 3.63) is 47.3 Å². The minimum Gasteiger partial charge on any atom is -0.493 e. The molecule has 0 atom stereocenters. The SMILES string of the molecule is COc1cc(C(=O)N2CCC3(CC2)c2ccc(C(C)=O)n2CCN3C)ccc1OCC(C)C. The van der Waals surface area contributed by atoms with Gasteiger partial charge in [-0.1, -0.05) is 13.8 Å². The molecule has 0 unspecified atom stereocenters. The Labute approximate surface area is 196 Å². The number of hydrogen-bond donors (Lipinski definition) is 0. The lowest BCUT2D eigenvalue weighted by molar-refractivity contribution is 0.0128. The fraction of sp³-hybridized carbons (Fsp3) is 0.538. The van der Waals surface area contributed by atoms with Gasteiger partial charge in [0.25, 0.3) is 5.91 Å². The first-order valence-corrected chi connectivity index (χ1v) is 11.8. The topological polar surface area (TPSA) is 64.0 Å². The molecule has 3 heterocycles. The zero-order chi connectivity index (χ0) is 23.8. The molecule has 2 aliphatic heterocycles. The summed E-state index contributed by atoms with van der Waals surface area (Å²) < 4.78 is 13.5. The molecular formula is C26H35N3O4. The minimum absolute atomic E-state index is 0.0110. The molecular weight excluding hydrogens is 418 g/mol. The molecule has 0 saturated carbocycles. The van der Waals surface area contributed by atoms with E-state index in [1.807, 2.05) is 23.1 Å². The van der Waals surface area contributed by atoms with Gasteiger partial charge in [-0.2, -0.15) is 0 Å². The Bertz CT molecular complexity index is 1030. The van der Waals surface area contributed by atoms with Crippen molar-refractivity contribution in [2.45, 2.75) is 45.7 Å². The van der Waals surface area contributed by atoms with Crippen molar-refractivity contribution in [1.82, 2.24) is 14.4 Å². The maximum Gasteiger partial charge on any atom is 0.253 e. The van der Waals surface area contributed by atoms with Gasteiger partial charge in [-0.3, -0.25) is 14.5 Å². The predicted octanol–water partition coefficient (Wildman–Crippen LogP) is 3.81. The fourth-order valence-electron chi connectivity index (χ4n) is 5.16. The molecule has 4 rings (SSSR count). The number of benzene rings is 1. The number of aromatic nitrogens is 1. The highest BCUT2D eigenvalue weighted by Gasteiger charge is 2.45. The Balaban J connectivity index is 1.50. The first-order chi connectivity index (χ1) is 15.8. The highest BCUT2D eigenvalue weighted by atomic mass is 16.5. The third kappa shape index (κ3) is 4.26. The van der Waals surface area contributed by atoms with E-state index in [0.717, 1.165) is 31.6 Å². The Kier molecular flexibility index (Phi) is 6.52. The highest BCUT2D eigenvalue weighted by molar-refractivity contribution is 5.95. The molecule has 0 radical (unpaired) electrons. The van der Waals surface area contributed by atoms with Crippen molar-refractivity contribution in [2.75, 3.05) is 40.4 Å². The van der Waals surface area contributed by atoms with Gasteiger partial charge >= 0.3 is 0 Å². The van der Waals surface area contributed by atoms with Crippen molar-refractivity contribution in [3.8, 4) is 11.5 Å². The smallest absolute Gasteiger partial charge is 0.253 e. The van der Waals surface area contributed by atoms with Crippen LogP contribution in [-0.4, -0.2) is 66.5 Å². The zero-order valence-electron chi connectivity index (χ0n) is 20.4. The lowest BCUT2D eigenvalue weighted by Crippen LogP contribution is -2.56. The number of amides is 1. The minimum atomic E-state index is -0.144. The summed E-state index contributed by atoms with van der Waals surface area (Å²) in [5, 5.41) is 0. The van der Waals surface area contributed by atoms with E-state index in [4.69, 9.17) is 9.47 Å². The number of rotatable bonds is 6. The van der Waals surface area contributed by atoms with Gasteiger partial charge in [-0.15, -0.1) is 0 Å². The summed E-state index contributed by atoms with van der Waals surface area (Å²) in [4.78, 5) is 29.7. The van der Waals surface area contributed by atoms with Gasteiger partial charge in [0.15, 0.2) is 17.3 Å². The normalized spacial score (nSPS) is 17.8. The van der Waals surface area contributed by atoms with Crippen LogP contribution in [-0.2, 0) is 12.1 Å². The lowest BCUT2D eigenvalue weighted by Gasteiger charge is -2.50. The van der Waals surface area contributed by atoms with E-state index in [1.165, 1.54) is 5.69 Å². The van der Waals surface area contributed by atoms with Gasteiger partial charge in [0.2, 0.25) is 0 Å². The number of likely N-dealkylation sites (N-methyl/N-ethyl adjacent to an activating group) is 1. The summed E-state index contributed by atoms with van der Waals surface area (Å²) >= 11 is 0. The second-order valence-electron chi connectivity index (χ2n) is 9.63. The monoisotopic (exact) mass is 453 g/mol. The third-order valence-electron chi connectivity index (χ3n) is 7.07. The van der Waals surface area contributed by atoms with Gasteiger partial charge < -0.3 is 18.9 Å². The highest BCUT2D eigenvalue weighted by Crippen LogP contribution is 2.42. The number of ketones is 1. The second-order valence-corrected chi connectivity index (χ2v) is 9.63. The van der Waals surface area contributed by atoms with E-state index < -0.39 is 0 Å². The molecule has 1 spiro atoms. The van der Waals surface area contributed by atoms with Crippen LogP contribution in [0.25, 0.3) is 0 Å². The molecule has 1 amide bonds. The molecule has 0 aliphatic carbocycles. The van der Waals surface area contributed by atoms with Crippen LogP contribution in [0.4, 0.5) is 0 Å². The molecule has 1 saturated heterocycles. The van der Waals surface area contributed by atoms with Gasteiger partial charge in [0.05, 0.1) is 24.9 Å². The van der Waals surface area contributed by atoms with Crippen LogP contribution in [0.2, 0.25) is 0 Å². The van der Waals surface area contributed by atoms with E-state index in [0.29, 0.717) is 42.7 Å². The number of ether oxygens (including phenoxy) is 2. The predicted molar refractivity (Wildman–Crippen MR) is 127 cm³/mol. The van der Waals surface area contributed by atoms with Crippen LogP contribution >= 0.6 is 0 Å². The third-order valence-corrected chi connectivity index (χ3v) is 7.07. The van der Waals surface area contributed by atoms with Crippen LogP contribution < -0.4 is 9.47 Å². The number of methoxy groups -OCH3 is 1. The van der Waals surface area contributed by atoms with E-state index >= 15 is 0 Å². The molecule has 1 aromatic carbocycles. The van der Waals surface area contributed by atoms with Crippen molar-refractivity contribution in [3.63, 3.8) is 0 Å². The summed E-state index contributed by atoms with van der Waals surface area (Å²) in [5.74, 6) is 1.75. The Hall–Kier alpha value is -2.80. The average Bonchev–Trinajstić information content (AvgIpc) is 3.25. The number of nitrogens with zero attached hydrogens (tertiary/aromatic N) is 3. The molecule has 178 valence electrons. The fourth-order valence-corrected chi connectivity index (χ4v) is 5.16. The van der Waals surface area contributed by atoms with Crippen LogP contribution in [0.1, 0.15) is 60.2 Å². The van der Waals surface area contributed by atoms with E-state index in [1.54, 1.807) is 20.1 Å². The van der Waals surface area contributed by atoms with Gasteiger partial charge in [-0.05, 0) is 56.1 Å². The van der Waals surface area contributed by atoms with E-state index in [-0.39, 0.29) is 17.2 Å². The lowest BCUT2D eigenvalue weighted by atomic mass is 9.81. The van der Waals surface area contributed by atoms with Gasteiger partial charge in [-0.25, -0.2) is 0 Å². The maximum atomic E-state index is 13.3. The number of piperidine rings is 1. The molecule has 1 fully saturated rings. The first kappa shape index (κ1) is 23.4. The van der Waals surface area contributed by atoms with Crippen molar-refractivity contribution >= 4 is 11.7 Å². The first-order valence-electron chi connectivity index (χ1n) is 11.8. The van der Waals surface area contributed by atoms with Crippen molar-refractivity contribution in [1.29, 1.82) is 0 Å². The summed E-state index contributed by atoms with van der Waals surface area (Å²) in [6.07, 6.45) is 1.67. The number of Topliss-reactive ketones (excluding diaryl/α,β-unsaturated/α-hetero) is 1. The number of carbonyl (C=O) groups is 2. The Morgan fingerprint density at radius 2 is 1.76 bits per heavy atom. The van der Waals surface area contributed by atoms with E-state index in [2.05, 4.69) is 36.4 Å². The van der Waals surface area contributed by atoms with Crippen molar-refractivity contribution < 1.29 is 19.1 Å². The van der Waals surface area contributed by atoms with Gasteiger partial charge in [0.1, 0.15) is 0 Å². The second kappa shape index (κ2) is 9.21. The maximum absolute atomic E-state index is 13.3. The molecule has 33 heavy (non-hydrogen) atoms. The Morgan fingerprint density at radius 1 is 1.03 bits per heavy atom. The average molecular weight is 454 g/mol. The van der Waals surface area contributed by atoms with Crippen LogP contribution in [0.5, 0.6) is 11.5 Å². The summed E-state index contributed by atoms with van der Waals surface area (Å²) in [7, 11) is 3.75. The van der Waals surface area contributed by atoms with Crippen LogP contribution in [0, 0.1) is 5.92 Å². The summed E-state index contributed by atoms with van der Waals surface area (Å²) in [5.41, 5.74) is 2.44. The number of carbonyl (C=O) groups excluding carboxylic acids is 2. The van der Waals surface area contributed by atoms with Gasteiger partial charge in [0, 0.05) is 44.4 Å². The molecule has 2 aromatic rings. The number of hydrogen-bond acceptors (Lipinski definition) is 5. The molecule has 7 nitrogen and oxygen atoms in total. The molecule has 2 aliphatic rings. The number of fused-ring (bicyclic) bond motifs is 2. The molecule has 1 aromatic heterocycles. The summed E-state index contributed by atoms with van der Waals surface area (Å²) in [6, 6.07) is 9.47. The zero-order valence-corrected chi connectivity index (χ0v) is 20.4. The van der Waals surface area contributed by atoms with Crippen LogP contribution in [0.15, 0.2) is 30.3 Å². The molecule has 0 N–H and O–H groups in total. The largest absolute Gasteiger partial charge is 0.493 e. The molecule has 0 bridgehead atoms. The summed E-state index contributed by atoms with van der Waals surface area (Å²) in [6.45, 7) is 9.45. The molecule has 7 heteroatoms. The standard InChI is InChI=1S/C26H35N3O4/c1-18(2)17-33-22-8-6-20(16-23(22)32-5)25(31)28-12-10-26(11-13-28)24-9-7-21(19(3)30)29(24)15-14-27(26)4/h6-9,16,18H,10-15,17H2,1-5H3. The van der Waals surface area contributed by atoms with E-state index in [9.17, 15) is 9.59 Å². The number of likely N-dealkylation sites (tertiary alicyclic amines) is 1.